The number of hydrogen-bond acceptors (Lipinski definition) is 3. The van der Waals surface area contributed by atoms with Gasteiger partial charge in [-0.15, -0.1) is 0 Å². The number of aliphatic carboxylic acids is 1. The van der Waals surface area contributed by atoms with Crippen LogP contribution in [-0.4, -0.2) is 52.3 Å². The molecule has 1 aromatic heterocycles. The Morgan fingerprint density at radius 2 is 2.09 bits per heavy atom. The summed E-state index contributed by atoms with van der Waals surface area (Å²) in [4.78, 5) is 25.5. The molecule has 1 N–H and O–H groups in total. The summed E-state index contributed by atoms with van der Waals surface area (Å²) in [6.45, 7) is 0.535. The number of benzene rings is 1. The van der Waals surface area contributed by atoms with Gasteiger partial charge in [-0.05, 0) is 6.07 Å². The first-order valence-electron chi connectivity index (χ1n) is 6.86. The van der Waals surface area contributed by atoms with Gasteiger partial charge in [-0.2, -0.15) is 0 Å². The molecule has 1 atom stereocenters. The fourth-order valence-electron chi connectivity index (χ4n) is 2.77. The maximum atomic E-state index is 12.8. The highest BCUT2D eigenvalue weighted by molar-refractivity contribution is 6.38. The Morgan fingerprint density at radius 1 is 1.36 bits per heavy atom. The Balaban J connectivity index is 2.07. The lowest BCUT2D eigenvalue weighted by molar-refractivity contribution is -0.147. The minimum Gasteiger partial charge on any atom is -0.480 e. The number of morpholine rings is 1. The second kappa shape index (κ2) is 5.62. The summed E-state index contributed by atoms with van der Waals surface area (Å²) in [6.07, 6.45) is 0. The number of fused-ring (bicyclic) bond motifs is 1. The molecule has 1 aromatic carbocycles. The van der Waals surface area contributed by atoms with E-state index in [0.29, 0.717) is 17.3 Å². The predicted molar refractivity (Wildman–Crippen MR) is 81.2 cm³/mol. The Kier molecular flexibility index (Phi) is 3.80. The fraction of sp³-hybridized carbons (Fsp3) is 0.333. The number of carboxylic acids is 1. The SMILES string of the molecule is Cn1c(C(=O)N2CCOC[C@@H]2C(=O)O)c(Cl)c2ccccc21. The second-order valence-electron chi connectivity index (χ2n) is 5.17. The number of carbonyl (C=O) groups is 2. The van der Waals surface area contributed by atoms with E-state index in [0.717, 1.165) is 10.9 Å². The number of nitrogens with zero attached hydrogens (tertiary/aromatic N) is 2. The van der Waals surface area contributed by atoms with Crippen LogP contribution in [0.3, 0.4) is 0 Å². The van der Waals surface area contributed by atoms with Crippen molar-refractivity contribution in [3.63, 3.8) is 0 Å². The van der Waals surface area contributed by atoms with Crippen LogP contribution in [0.2, 0.25) is 5.02 Å². The number of carbonyl (C=O) groups excluding carboxylic acids is 1. The fourth-order valence-corrected chi connectivity index (χ4v) is 3.14. The molecule has 2 heterocycles. The van der Waals surface area contributed by atoms with Crippen LogP contribution in [0, 0.1) is 0 Å². The van der Waals surface area contributed by atoms with Gasteiger partial charge < -0.3 is 19.3 Å². The van der Waals surface area contributed by atoms with Crippen LogP contribution in [-0.2, 0) is 16.6 Å². The number of rotatable bonds is 2. The van der Waals surface area contributed by atoms with Crippen molar-refractivity contribution >= 4 is 34.4 Å². The molecule has 7 heteroatoms. The van der Waals surface area contributed by atoms with Crippen LogP contribution in [0.5, 0.6) is 0 Å². The molecule has 1 saturated heterocycles. The lowest BCUT2D eigenvalue weighted by Gasteiger charge is -2.33. The van der Waals surface area contributed by atoms with E-state index >= 15 is 0 Å². The average Bonchev–Trinajstić information content (AvgIpc) is 2.79. The number of aromatic nitrogens is 1. The molecule has 1 aliphatic rings. The van der Waals surface area contributed by atoms with E-state index in [1.54, 1.807) is 11.6 Å². The summed E-state index contributed by atoms with van der Waals surface area (Å²) in [5, 5.41) is 10.4. The molecule has 0 spiro atoms. The van der Waals surface area contributed by atoms with Crippen molar-refractivity contribution < 1.29 is 19.4 Å². The van der Waals surface area contributed by atoms with Crippen LogP contribution < -0.4 is 0 Å². The highest BCUT2D eigenvalue weighted by atomic mass is 35.5. The molecule has 0 radical (unpaired) electrons. The lowest BCUT2D eigenvalue weighted by Crippen LogP contribution is -2.52. The van der Waals surface area contributed by atoms with E-state index in [4.69, 9.17) is 16.3 Å². The number of ether oxygens (including phenoxy) is 1. The number of carboxylic acid groups (broad SMARTS) is 1. The predicted octanol–water partition coefficient (Wildman–Crippen LogP) is 1.76. The molecule has 22 heavy (non-hydrogen) atoms. The first-order valence-corrected chi connectivity index (χ1v) is 7.24. The second-order valence-corrected chi connectivity index (χ2v) is 5.54. The third kappa shape index (κ3) is 2.24. The monoisotopic (exact) mass is 322 g/mol. The van der Waals surface area contributed by atoms with Crippen molar-refractivity contribution in [2.24, 2.45) is 7.05 Å². The standard InChI is InChI=1S/C15H15ClN2O4/c1-17-10-5-3-2-4-9(10)12(16)13(17)14(19)18-6-7-22-8-11(18)15(20)21/h2-5,11H,6-8H2,1H3,(H,20,21)/t11-/m1/s1. The maximum Gasteiger partial charge on any atom is 0.328 e. The first kappa shape index (κ1) is 14.9. The minimum absolute atomic E-state index is 0.0113. The third-order valence-corrected chi connectivity index (χ3v) is 4.30. The van der Waals surface area contributed by atoms with Gasteiger partial charge in [0.05, 0.1) is 18.2 Å². The number of aryl methyl sites for hydroxylation is 1. The molecule has 1 amide bonds. The van der Waals surface area contributed by atoms with Crippen LogP contribution in [0.4, 0.5) is 0 Å². The number of para-hydroxylation sites is 1. The van der Waals surface area contributed by atoms with Gasteiger partial charge in [0.25, 0.3) is 5.91 Å². The Bertz CT molecular complexity index is 716. The molecule has 116 valence electrons. The average molecular weight is 323 g/mol. The molecule has 3 rings (SSSR count). The van der Waals surface area contributed by atoms with Gasteiger partial charge in [0.1, 0.15) is 5.69 Å². The summed E-state index contributed by atoms with van der Waals surface area (Å²) in [7, 11) is 1.75. The highest BCUT2D eigenvalue weighted by Gasteiger charge is 2.35. The van der Waals surface area contributed by atoms with Crippen LogP contribution in [0.1, 0.15) is 10.5 Å². The van der Waals surface area contributed by atoms with E-state index in [2.05, 4.69) is 0 Å². The van der Waals surface area contributed by atoms with E-state index < -0.39 is 12.0 Å². The molecule has 6 nitrogen and oxygen atoms in total. The van der Waals surface area contributed by atoms with Gasteiger partial charge in [0, 0.05) is 24.5 Å². The molecule has 0 saturated carbocycles. The zero-order valence-electron chi connectivity index (χ0n) is 12.0. The summed E-state index contributed by atoms with van der Waals surface area (Å²) in [6, 6.07) is 6.42. The Labute approximate surface area is 131 Å². The van der Waals surface area contributed by atoms with Crippen LogP contribution in [0.15, 0.2) is 24.3 Å². The zero-order valence-corrected chi connectivity index (χ0v) is 12.7. The molecule has 0 aliphatic carbocycles. The number of hydrogen-bond donors (Lipinski definition) is 1. The van der Waals surface area contributed by atoms with Gasteiger partial charge in [-0.3, -0.25) is 4.79 Å². The highest BCUT2D eigenvalue weighted by Crippen LogP contribution is 2.31. The van der Waals surface area contributed by atoms with Gasteiger partial charge in [-0.1, -0.05) is 29.8 Å². The Morgan fingerprint density at radius 3 is 2.77 bits per heavy atom. The molecule has 1 aliphatic heterocycles. The van der Waals surface area contributed by atoms with E-state index in [1.165, 1.54) is 4.90 Å². The summed E-state index contributed by atoms with van der Waals surface area (Å²) < 4.78 is 6.87. The van der Waals surface area contributed by atoms with Crippen molar-refractivity contribution in [3.8, 4) is 0 Å². The van der Waals surface area contributed by atoms with Gasteiger partial charge in [0.2, 0.25) is 0 Å². The zero-order chi connectivity index (χ0) is 15.9. The number of amides is 1. The molecular weight excluding hydrogens is 308 g/mol. The first-order chi connectivity index (χ1) is 10.5. The largest absolute Gasteiger partial charge is 0.480 e. The topological polar surface area (TPSA) is 71.8 Å². The smallest absolute Gasteiger partial charge is 0.328 e. The third-order valence-electron chi connectivity index (χ3n) is 3.92. The van der Waals surface area contributed by atoms with Crippen molar-refractivity contribution in [2.45, 2.75) is 6.04 Å². The molecule has 0 bridgehead atoms. The molecular formula is C15H15ClN2O4. The van der Waals surface area contributed by atoms with E-state index in [-0.39, 0.29) is 19.1 Å². The molecule has 0 unspecified atom stereocenters. The van der Waals surface area contributed by atoms with E-state index in [9.17, 15) is 14.7 Å². The quantitative estimate of drug-likeness (QED) is 0.914. The van der Waals surface area contributed by atoms with Crippen molar-refractivity contribution in [2.75, 3.05) is 19.8 Å². The van der Waals surface area contributed by atoms with Crippen LogP contribution in [0.25, 0.3) is 10.9 Å². The van der Waals surface area contributed by atoms with Crippen molar-refractivity contribution in [1.82, 2.24) is 9.47 Å². The minimum atomic E-state index is -1.08. The van der Waals surface area contributed by atoms with Crippen molar-refractivity contribution in [3.05, 3.63) is 35.0 Å². The normalized spacial score (nSPS) is 18.6. The Hall–Kier alpha value is -2.05. The summed E-state index contributed by atoms with van der Waals surface area (Å²) >= 11 is 6.36. The molecule has 2 aromatic rings. The van der Waals surface area contributed by atoms with Gasteiger partial charge >= 0.3 is 5.97 Å². The van der Waals surface area contributed by atoms with Crippen LogP contribution >= 0.6 is 11.6 Å². The maximum absolute atomic E-state index is 12.8. The summed E-state index contributed by atoms with van der Waals surface area (Å²) in [5.41, 5.74) is 1.13. The number of halogens is 1. The van der Waals surface area contributed by atoms with Gasteiger partial charge in [0.15, 0.2) is 6.04 Å². The van der Waals surface area contributed by atoms with Gasteiger partial charge in [-0.25, -0.2) is 4.79 Å². The van der Waals surface area contributed by atoms with E-state index in [1.807, 2.05) is 24.3 Å². The lowest BCUT2D eigenvalue weighted by atomic mass is 10.2. The molecule has 1 fully saturated rings. The summed E-state index contributed by atoms with van der Waals surface area (Å²) in [5.74, 6) is -1.47. The van der Waals surface area contributed by atoms with Crippen molar-refractivity contribution in [1.29, 1.82) is 0 Å².